The molecular formula is C20H25ClN2O3. The third-order valence-electron chi connectivity index (χ3n) is 4.64. The highest BCUT2D eigenvalue weighted by Gasteiger charge is 2.32. The van der Waals surface area contributed by atoms with Crippen molar-refractivity contribution in [2.75, 3.05) is 23.4 Å². The Bertz CT molecular complexity index is 765. The Hall–Kier alpha value is -2.01. The van der Waals surface area contributed by atoms with Crippen LogP contribution in [0, 0.1) is 5.41 Å². The van der Waals surface area contributed by atoms with E-state index in [0.29, 0.717) is 47.3 Å². The third kappa shape index (κ3) is 3.88. The lowest BCUT2D eigenvalue weighted by Gasteiger charge is -2.34. The van der Waals surface area contributed by atoms with Crippen LogP contribution in [0.4, 0.5) is 11.4 Å². The molecule has 0 unspecified atom stereocenters. The van der Waals surface area contributed by atoms with Crippen LogP contribution in [0.2, 0.25) is 0 Å². The molecule has 1 aromatic rings. The van der Waals surface area contributed by atoms with E-state index < -0.39 is 5.41 Å². The molecule has 0 aromatic heterocycles. The lowest BCUT2D eigenvalue weighted by Crippen LogP contribution is -2.44. The van der Waals surface area contributed by atoms with Crippen LogP contribution in [0.3, 0.4) is 0 Å². The van der Waals surface area contributed by atoms with E-state index in [0.717, 1.165) is 19.3 Å². The van der Waals surface area contributed by atoms with E-state index in [9.17, 15) is 9.59 Å². The molecule has 0 fully saturated rings. The summed E-state index contributed by atoms with van der Waals surface area (Å²) in [5.74, 6) is 0.519. The van der Waals surface area contributed by atoms with Gasteiger partial charge in [-0.2, -0.15) is 0 Å². The minimum atomic E-state index is -0.492. The van der Waals surface area contributed by atoms with E-state index in [-0.39, 0.29) is 11.8 Å². The van der Waals surface area contributed by atoms with Gasteiger partial charge in [-0.05, 0) is 43.9 Å². The molecule has 1 aliphatic heterocycles. The van der Waals surface area contributed by atoms with Gasteiger partial charge < -0.3 is 15.0 Å². The summed E-state index contributed by atoms with van der Waals surface area (Å²) in [5, 5.41) is 3.57. The first-order valence-electron chi connectivity index (χ1n) is 9.05. The van der Waals surface area contributed by atoms with Crippen molar-refractivity contribution < 1.29 is 14.3 Å². The number of hydrogen-bond acceptors (Lipinski definition) is 3. The van der Waals surface area contributed by atoms with Gasteiger partial charge in [0.25, 0.3) is 5.91 Å². The van der Waals surface area contributed by atoms with Crippen molar-refractivity contribution in [3.63, 3.8) is 0 Å². The van der Waals surface area contributed by atoms with Gasteiger partial charge in [0.2, 0.25) is 5.91 Å². The number of nitrogens with one attached hydrogen (secondary N) is 1. The van der Waals surface area contributed by atoms with Crippen LogP contribution in [0.25, 0.3) is 0 Å². The van der Waals surface area contributed by atoms with Gasteiger partial charge in [0, 0.05) is 21.7 Å². The average molecular weight is 377 g/mol. The van der Waals surface area contributed by atoms with Crippen molar-refractivity contribution in [1.29, 1.82) is 0 Å². The van der Waals surface area contributed by atoms with Crippen LogP contribution in [0.15, 0.2) is 28.8 Å². The summed E-state index contributed by atoms with van der Waals surface area (Å²) in [5.41, 5.74) is 1.49. The van der Waals surface area contributed by atoms with Crippen LogP contribution in [-0.4, -0.2) is 25.0 Å². The lowest BCUT2D eigenvalue weighted by molar-refractivity contribution is -0.126. The molecule has 1 heterocycles. The molecule has 0 radical (unpaired) electrons. The predicted molar refractivity (Wildman–Crippen MR) is 104 cm³/mol. The predicted octanol–water partition coefficient (Wildman–Crippen LogP) is 4.46. The first kappa shape index (κ1) is 18.8. The number of halogens is 1. The number of anilines is 2. The monoisotopic (exact) mass is 376 g/mol. The van der Waals surface area contributed by atoms with Crippen molar-refractivity contribution in [2.45, 2.75) is 46.5 Å². The third-order valence-corrected chi connectivity index (χ3v) is 5.06. The van der Waals surface area contributed by atoms with Gasteiger partial charge >= 0.3 is 0 Å². The molecule has 1 N–H and O–H groups in total. The van der Waals surface area contributed by atoms with E-state index in [1.54, 1.807) is 23.1 Å². The second-order valence-corrected chi connectivity index (χ2v) is 8.24. The summed E-state index contributed by atoms with van der Waals surface area (Å²) in [4.78, 5) is 27.1. The number of nitrogens with zero attached hydrogens (tertiary/aromatic N) is 1. The van der Waals surface area contributed by atoms with Crippen molar-refractivity contribution in [3.05, 3.63) is 28.8 Å². The van der Waals surface area contributed by atoms with Crippen molar-refractivity contribution in [2.24, 2.45) is 5.41 Å². The average Bonchev–Trinajstić information content (AvgIpc) is 2.60. The number of fused-ring (bicyclic) bond motifs is 1. The number of allylic oxidation sites excluding steroid dienone is 1. The van der Waals surface area contributed by atoms with Crippen LogP contribution in [0.5, 0.6) is 5.75 Å². The first-order valence-corrected chi connectivity index (χ1v) is 9.43. The number of ether oxygens (including phenoxy) is 1. The summed E-state index contributed by atoms with van der Waals surface area (Å²) in [6.07, 6.45) is 3.46. The summed E-state index contributed by atoms with van der Waals surface area (Å²) < 4.78 is 5.67. The normalized spacial score (nSPS) is 17.5. The van der Waals surface area contributed by atoms with Crippen molar-refractivity contribution in [1.82, 2.24) is 0 Å². The quantitative estimate of drug-likeness (QED) is 0.828. The maximum Gasteiger partial charge on any atom is 0.252 e. The molecule has 5 nitrogen and oxygen atoms in total. The molecule has 0 saturated carbocycles. The number of rotatable bonds is 2. The van der Waals surface area contributed by atoms with Gasteiger partial charge in [0.05, 0.1) is 12.2 Å². The minimum absolute atomic E-state index is 0.0311. The largest absolute Gasteiger partial charge is 0.490 e. The zero-order valence-corrected chi connectivity index (χ0v) is 16.3. The summed E-state index contributed by atoms with van der Waals surface area (Å²) in [7, 11) is 0. The molecule has 26 heavy (non-hydrogen) atoms. The van der Waals surface area contributed by atoms with Gasteiger partial charge in [0.15, 0.2) is 0 Å². The van der Waals surface area contributed by atoms with E-state index in [1.807, 2.05) is 20.8 Å². The molecular weight excluding hydrogens is 352 g/mol. The topological polar surface area (TPSA) is 58.6 Å². The Morgan fingerprint density at radius 3 is 2.62 bits per heavy atom. The molecule has 0 saturated heterocycles. The van der Waals surface area contributed by atoms with E-state index in [4.69, 9.17) is 16.3 Å². The van der Waals surface area contributed by atoms with Crippen LogP contribution >= 0.6 is 11.6 Å². The highest BCUT2D eigenvalue weighted by Crippen LogP contribution is 2.37. The van der Waals surface area contributed by atoms with Crippen molar-refractivity contribution in [3.8, 4) is 5.75 Å². The van der Waals surface area contributed by atoms with E-state index >= 15 is 0 Å². The zero-order valence-electron chi connectivity index (χ0n) is 15.5. The molecule has 1 aliphatic carbocycles. The highest BCUT2D eigenvalue weighted by molar-refractivity contribution is 6.32. The fourth-order valence-electron chi connectivity index (χ4n) is 3.22. The lowest BCUT2D eigenvalue weighted by atomic mass is 9.94. The van der Waals surface area contributed by atoms with Gasteiger partial charge in [0.1, 0.15) is 12.4 Å². The summed E-state index contributed by atoms with van der Waals surface area (Å²) in [6.45, 7) is 6.65. The molecule has 140 valence electrons. The van der Waals surface area contributed by atoms with Crippen LogP contribution in [-0.2, 0) is 9.59 Å². The Balaban J connectivity index is 1.85. The zero-order chi connectivity index (χ0) is 18.9. The Morgan fingerprint density at radius 2 is 1.92 bits per heavy atom. The smallest absolute Gasteiger partial charge is 0.252 e. The molecule has 3 rings (SSSR count). The molecule has 2 amide bonds. The van der Waals surface area contributed by atoms with Gasteiger partial charge in [-0.3, -0.25) is 9.59 Å². The Kier molecular flexibility index (Phi) is 5.28. The SMILES string of the molecule is CC(C)(C)C(=O)N1CCOc2ccc(NC(=O)C3=C(Cl)CCCC3)cc21. The maximum atomic E-state index is 12.8. The standard InChI is InChI=1S/C20H25ClN2O3/c1-20(2,3)19(25)23-10-11-26-17-9-8-13(12-16(17)23)22-18(24)14-6-4-5-7-15(14)21/h8-9,12H,4-7,10-11H2,1-3H3,(H,22,24). The fraction of sp³-hybridized carbons (Fsp3) is 0.500. The Labute approximate surface area is 159 Å². The second-order valence-electron chi connectivity index (χ2n) is 7.78. The number of carbonyl (C=O) groups is 2. The van der Waals surface area contributed by atoms with Gasteiger partial charge in [-0.1, -0.05) is 32.4 Å². The van der Waals surface area contributed by atoms with Gasteiger partial charge in [-0.25, -0.2) is 0 Å². The molecule has 0 atom stereocenters. The number of benzene rings is 1. The molecule has 2 aliphatic rings. The highest BCUT2D eigenvalue weighted by atomic mass is 35.5. The first-order chi connectivity index (χ1) is 12.3. The second kappa shape index (κ2) is 7.31. The maximum absolute atomic E-state index is 12.8. The molecule has 6 heteroatoms. The number of amides is 2. The number of hydrogen-bond donors (Lipinski definition) is 1. The van der Waals surface area contributed by atoms with Gasteiger partial charge in [-0.15, -0.1) is 0 Å². The minimum Gasteiger partial charge on any atom is -0.490 e. The van der Waals surface area contributed by atoms with Crippen molar-refractivity contribution >= 4 is 34.8 Å². The fourth-order valence-corrected chi connectivity index (χ4v) is 3.54. The molecule has 1 aromatic carbocycles. The van der Waals surface area contributed by atoms with E-state index in [2.05, 4.69) is 5.32 Å². The molecule has 0 spiro atoms. The summed E-state index contributed by atoms with van der Waals surface area (Å²) >= 11 is 6.22. The van der Waals surface area contributed by atoms with E-state index in [1.165, 1.54) is 0 Å². The number of carbonyl (C=O) groups excluding carboxylic acids is 2. The molecule has 0 bridgehead atoms. The Morgan fingerprint density at radius 1 is 1.19 bits per heavy atom. The van der Waals surface area contributed by atoms with Crippen LogP contribution in [0.1, 0.15) is 46.5 Å². The van der Waals surface area contributed by atoms with Crippen LogP contribution < -0.4 is 15.0 Å². The summed E-state index contributed by atoms with van der Waals surface area (Å²) in [6, 6.07) is 5.39.